The Morgan fingerprint density at radius 2 is 2.26 bits per heavy atom. The van der Waals surface area contributed by atoms with Crippen molar-refractivity contribution in [1.82, 2.24) is 24.5 Å². The summed E-state index contributed by atoms with van der Waals surface area (Å²) in [7, 11) is 0. The van der Waals surface area contributed by atoms with Crippen LogP contribution in [0, 0.1) is 5.41 Å². The van der Waals surface area contributed by atoms with E-state index in [1.807, 2.05) is 39.9 Å². The summed E-state index contributed by atoms with van der Waals surface area (Å²) in [5.74, 6) is -0.0316. The van der Waals surface area contributed by atoms with Crippen molar-refractivity contribution in [2.45, 2.75) is 26.8 Å². The molecule has 4 heterocycles. The van der Waals surface area contributed by atoms with E-state index in [0.29, 0.717) is 18.8 Å². The number of carbonyl (C=O) groups excluding carboxylic acids is 1. The first-order valence-electron chi connectivity index (χ1n) is 7.75. The molecule has 6 nitrogen and oxygen atoms in total. The van der Waals surface area contributed by atoms with Crippen LogP contribution in [-0.4, -0.2) is 36.9 Å². The highest BCUT2D eigenvalue weighted by atomic mass is 16.2. The summed E-state index contributed by atoms with van der Waals surface area (Å²) in [6.45, 7) is 5.62. The molecular weight excluding hydrogens is 290 g/mol. The maximum atomic E-state index is 13.0. The van der Waals surface area contributed by atoms with E-state index in [0.717, 1.165) is 23.2 Å². The summed E-state index contributed by atoms with van der Waals surface area (Å²) >= 11 is 0. The van der Waals surface area contributed by atoms with E-state index in [4.69, 9.17) is 0 Å². The van der Waals surface area contributed by atoms with Gasteiger partial charge in [-0.3, -0.25) is 9.89 Å². The van der Waals surface area contributed by atoms with Crippen molar-refractivity contribution >= 4 is 11.4 Å². The van der Waals surface area contributed by atoms with Crippen LogP contribution >= 0.6 is 0 Å². The second-order valence-electron chi connectivity index (χ2n) is 6.99. The third-order valence-electron chi connectivity index (χ3n) is 4.37. The zero-order chi connectivity index (χ0) is 16.0. The largest absolute Gasteiger partial charge is 0.332 e. The molecule has 1 amide bonds. The van der Waals surface area contributed by atoms with Gasteiger partial charge in [0.15, 0.2) is 0 Å². The van der Waals surface area contributed by atoms with Gasteiger partial charge in [-0.15, -0.1) is 0 Å². The number of fused-ring (bicyclic) bond motifs is 2. The lowest BCUT2D eigenvalue weighted by molar-refractivity contribution is 0.0674. The van der Waals surface area contributed by atoms with Crippen LogP contribution in [0.3, 0.4) is 0 Å². The predicted octanol–water partition coefficient (Wildman–Crippen LogP) is 2.28. The van der Waals surface area contributed by atoms with Crippen LogP contribution in [0.2, 0.25) is 0 Å². The molecule has 0 fully saturated rings. The van der Waals surface area contributed by atoms with Gasteiger partial charge in [-0.2, -0.15) is 5.10 Å². The number of nitrogens with one attached hydrogen (secondary N) is 1. The maximum Gasteiger partial charge on any atom is 0.272 e. The van der Waals surface area contributed by atoms with E-state index in [1.54, 1.807) is 6.33 Å². The normalized spacial score (nSPS) is 17.0. The summed E-state index contributed by atoms with van der Waals surface area (Å²) in [6.07, 6.45) is 6.32. The average Bonchev–Trinajstić information content (AvgIpc) is 3.11. The third kappa shape index (κ3) is 2.50. The van der Waals surface area contributed by atoms with Crippen molar-refractivity contribution in [3.63, 3.8) is 0 Å². The molecule has 3 aromatic heterocycles. The Kier molecular flexibility index (Phi) is 3.01. The number of amides is 1. The number of hydrogen-bond acceptors (Lipinski definition) is 3. The fraction of sp³-hybridized carbons (Fsp3) is 0.353. The maximum absolute atomic E-state index is 13.0. The van der Waals surface area contributed by atoms with Crippen LogP contribution in [-0.2, 0) is 13.0 Å². The predicted molar refractivity (Wildman–Crippen MR) is 86.0 cm³/mol. The van der Waals surface area contributed by atoms with E-state index in [2.05, 4.69) is 29.0 Å². The Labute approximate surface area is 134 Å². The Balaban J connectivity index is 1.69. The SMILES string of the molecule is CC1(C)Cc2[nH]ncc2CN(C(=O)c2cc3cccn3cn2)C1. The molecule has 1 aliphatic heterocycles. The molecule has 0 radical (unpaired) electrons. The minimum absolute atomic E-state index is 0.00734. The second kappa shape index (κ2) is 4.94. The monoisotopic (exact) mass is 309 g/mol. The van der Waals surface area contributed by atoms with E-state index in [-0.39, 0.29) is 11.3 Å². The molecule has 0 aromatic carbocycles. The summed E-state index contributed by atoms with van der Waals surface area (Å²) in [5.41, 5.74) is 3.67. The van der Waals surface area contributed by atoms with Gasteiger partial charge in [0, 0.05) is 36.1 Å². The summed E-state index contributed by atoms with van der Waals surface area (Å²) in [5, 5.41) is 7.20. The molecule has 6 heteroatoms. The van der Waals surface area contributed by atoms with Gasteiger partial charge in [0.05, 0.1) is 12.5 Å². The quantitative estimate of drug-likeness (QED) is 0.750. The fourth-order valence-corrected chi connectivity index (χ4v) is 3.30. The van der Waals surface area contributed by atoms with E-state index in [9.17, 15) is 4.79 Å². The zero-order valence-corrected chi connectivity index (χ0v) is 13.3. The zero-order valence-electron chi connectivity index (χ0n) is 13.3. The van der Waals surface area contributed by atoms with Gasteiger partial charge >= 0.3 is 0 Å². The van der Waals surface area contributed by atoms with Crippen molar-refractivity contribution in [2.75, 3.05) is 6.54 Å². The summed E-state index contributed by atoms with van der Waals surface area (Å²) in [4.78, 5) is 19.2. The molecule has 3 aromatic rings. The Morgan fingerprint density at radius 3 is 3.13 bits per heavy atom. The highest BCUT2D eigenvalue weighted by molar-refractivity contribution is 5.93. The van der Waals surface area contributed by atoms with Gasteiger partial charge in [-0.05, 0) is 30.0 Å². The number of H-pyrrole nitrogens is 1. The molecule has 0 aliphatic carbocycles. The van der Waals surface area contributed by atoms with Gasteiger partial charge in [-0.25, -0.2) is 4.98 Å². The molecule has 1 N–H and O–H groups in total. The molecule has 0 saturated heterocycles. The standard InChI is InChI=1S/C17H19N5O/c1-17(2)7-15-12(8-19-20-15)9-22(10-17)16(23)14-6-13-4-3-5-21(13)11-18-14/h3-6,8,11H,7,9-10H2,1-2H3,(H,19,20). The molecule has 0 unspecified atom stereocenters. The van der Waals surface area contributed by atoms with Crippen molar-refractivity contribution in [1.29, 1.82) is 0 Å². The molecular formula is C17H19N5O. The Bertz CT molecular complexity index is 876. The fourth-order valence-electron chi connectivity index (χ4n) is 3.30. The number of rotatable bonds is 1. The molecule has 23 heavy (non-hydrogen) atoms. The number of aromatic nitrogens is 4. The lowest BCUT2D eigenvalue weighted by Crippen LogP contribution is -2.37. The van der Waals surface area contributed by atoms with Gasteiger partial charge in [0.25, 0.3) is 5.91 Å². The van der Waals surface area contributed by atoms with E-state index < -0.39 is 0 Å². The van der Waals surface area contributed by atoms with E-state index in [1.165, 1.54) is 0 Å². The van der Waals surface area contributed by atoms with Crippen molar-refractivity contribution < 1.29 is 4.79 Å². The minimum Gasteiger partial charge on any atom is -0.332 e. The molecule has 118 valence electrons. The smallest absolute Gasteiger partial charge is 0.272 e. The number of hydrogen-bond donors (Lipinski definition) is 1. The van der Waals surface area contributed by atoms with Gasteiger partial charge in [0.2, 0.25) is 0 Å². The van der Waals surface area contributed by atoms with Crippen LogP contribution in [0.15, 0.2) is 36.9 Å². The van der Waals surface area contributed by atoms with Crippen LogP contribution in [0.25, 0.3) is 5.52 Å². The van der Waals surface area contributed by atoms with Gasteiger partial charge < -0.3 is 9.30 Å². The van der Waals surface area contributed by atoms with Crippen LogP contribution in [0.4, 0.5) is 0 Å². The Hall–Kier alpha value is -2.63. The molecule has 1 aliphatic rings. The number of aromatic amines is 1. The highest BCUT2D eigenvalue weighted by Crippen LogP contribution is 2.29. The first-order valence-corrected chi connectivity index (χ1v) is 7.75. The molecule has 0 spiro atoms. The van der Waals surface area contributed by atoms with Gasteiger partial charge in [-0.1, -0.05) is 13.8 Å². The first-order chi connectivity index (χ1) is 11.0. The molecule has 0 saturated carbocycles. The van der Waals surface area contributed by atoms with Crippen LogP contribution in [0.1, 0.15) is 35.6 Å². The number of nitrogens with zero attached hydrogens (tertiary/aromatic N) is 4. The topological polar surface area (TPSA) is 66.3 Å². The lowest BCUT2D eigenvalue weighted by Gasteiger charge is -2.29. The molecule has 0 atom stereocenters. The second-order valence-corrected chi connectivity index (χ2v) is 6.99. The van der Waals surface area contributed by atoms with Gasteiger partial charge in [0.1, 0.15) is 5.69 Å². The van der Waals surface area contributed by atoms with Crippen molar-refractivity contribution in [2.24, 2.45) is 5.41 Å². The van der Waals surface area contributed by atoms with E-state index >= 15 is 0 Å². The Morgan fingerprint density at radius 1 is 1.39 bits per heavy atom. The van der Waals surface area contributed by atoms with Crippen molar-refractivity contribution in [3.05, 3.63) is 53.9 Å². The molecule has 0 bridgehead atoms. The first kappa shape index (κ1) is 14.0. The summed E-state index contributed by atoms with van der Waals surface area (Å²) < 4.78 is 1.90. The molecule has 4 rings (SSSR count). The minimum atomic E-state index is -0.0316. The van der Waals surface area contributed by atoms with Crippen LogP contribution in [0.5, 0.6) is 0 Å². The number of carbonyl (C=O) groups is 1. The average molecular weight is 309 g/mol. The highest BCUT2D eigenvalue weighted by Gasteiger charge is 2.32. The van der Waals surface area contributed by atoms with Crippen LogP contribution < -0.4 is 0 Å². The van der Waals surface area contributed by atoms with Crippen molar-refractivity contribution in [3.8, 4) is 0 Å². The third-order valence-corrected chi connectivity index (χ3v) is 4.37. The lowest BCUT2D eigenvalue weighted by atomic mass is 9.88. The summed E-state index contributed by atoms with van der Waals surface area (Å²) in [6, 6.07) is 5.76.